The second-order valence-electron chi connectivity index (χ2n) is 5.47. The molecular weight excluding hydrogens is 324 g/mol. The Morgan fingerprint density at radius 2 is 1.42 bits per heavy atom. The van der Waals surface area contributed by atoms with Crippen LogP contribution in [0.5, 0.6) is 11.5 Å². The number of anilines is 1. The lowest BCUT2D eigenvalue weighted by Gasteiger charge is -2.08. The summed E-state index contributed by atoms with van der Waals surface area (Å²) < 4.78 is 5.71. The third-order valence-electron chi connectivity index (χ3n) is 3.57. The molecule has 3 aromatic carbocycles. The highest BCUT2D eigenvalue weighted by atomic mass is 16.5. The van der Waals surface area contributed by atoms with Crippen LogP contribution < -0.4 is 10.1 Å². The van der Waals surface area contributed by atoms with Crippen LogP contribution in [-0.2, 0) is 4.79 Å². The molecule has 0 unspecified atom stereocenters. The maximum absolute atomic E-state index is 12.3. The lowest BCUT2D eigenvalue weighted by Crippen LogP contribution is -2.13. The highest BCUT2D eigenvalue weighted by Gasteiger charge is 2.09. The van der Waals surface area contributed by atoms with E-state index >= 15 is 0 Å². The Labute approximate surface area is 152 Å². The lowest BCUT2D eigenvalue weighted by atomic mass is 10.1. The number of rotatable bonds is 5. The number of benzene rings is 3. The van der Waals surface area contributed by atoms with Gasteiger partial charge in [0.2, 0.25) is 0 Å². The van der Waals surface area contributed by atoms with Crippen LogP contribution in [0.25, 0.3) is 6.08 Å². The molecule has 0 fully saturated rings. The summed E-state index contributed by atoms with van der Waals surface area (Å²) in [4.78, 5) is 12.3. The van der Waals surface area contributed by atoms with Crippen molar-refractivity contribution in [2.24, 2.45) is 0 Å². The molecule has 1 N–H and O–H groups in total. The summed E-state index contributed by atoms with van der Waals surface area (Å²) in [6, 6.07) is 27.6. The van der Waals surface area contributed by atoms with E-state index in [0.29, 0.717) is 11.4 Å². The average Bonchev–Trinajstić information content (AvgIpc) is 2.69. The van der Waals surface area contributed by atoms with Gasteiger partial charge in [0.05, 0.1) is 0 Å². The van der Waals surface area contributed by atoms with Crippen LogP contribution in [-0.4, -0.2) is 5.91 Å². The number of nitriles is 1. The largest absolute Gasteiger partial charge is 0.457 e. The number of hydrogen-bond donors (Lipinski definition) is 1. The van der Waals surface area contributed by atoms with E-state index in [2.05, 4.69) is 5.32 Å². The molecular formula is C22H16N2O2. The van der Waals surface area contributed by atoms with Gasteiger partial charge in [-0.05, 0) is 48.0 Å². The van der Waals surface area contributed by atoms with E-state index in [1.54, 1.807) is 30.3 Å². The van der Waals surface area contributed by atoms with Crippen LogP contribution in [0.1, 0.15) is 5.56 Å². The number of amides is 1. The van der Waals surface area contributed by atoms with Crippen molar-refractivity contribution in [2.45, 2.75) is 0 Å². The fourth-order valence-corrected chi connectivity index (χ4v) is 2.29. The van der Waals surface area contributed by atoms with Crippen molar-refractivity contribution in [1.29, 1.82) is 5.26 Å². The zero-order valence-electron chi connectivity index (χ0n) is 13.9. The van der Waals surface area contributed by atoms with Crippen LogP contribution in [0.3, 0.4) is 0 Å². The van der Waals surface area contributed by atoms with Crippen LogP contribution in [0.15, 0.2) is 90.5 Å². The summed E-state index contributed by atoms with van der Waals surface area (Å²) in [5.74, 6) is 0.949. The molecule has 0 heterocycles. The Morgan fingerprint density at radius 3 is 2.04 bits per heavy atom. The molecule has 4 heteroatoms. The predicted octanol–water partition coefficient (Wildman–Crippen LogP) is 5.02. The summed E-state index contributed by atoms with van der Waals surface area (Å²) in [6.45, 7) is 0. The topological polar surface area (TPSA) is 62.1 Å². The maximum atomic E-state index is 12.3. The molecule has 1 amide bonds. The second-order valence-corrected chi connectivity index (χ2v) is 5.47. The van der Waals surface area contributed by atoms with Crippen LogP contribution >= 0.6 is 0 Å². The molecule has 0 bridgehead atoms. The molecule has 0 aliphatic heterocycles. The van der Waals surface area contributed by atoms with Crippen molar-refractivity contribution in [1.82, 2.24) is 0 Å². The van der Waals surface area contributed by atoms with Gasteiger partial charge in [0, 0.05) is 5.69 Å². The first-order valence-electron chi connectivity index (χ1n) is 8.06. The number of hydrogen-bond acceptors (Lipinski definition) is 3. The molecule has 0 atom stereocenters. The Hall–Kier alpha value is -3.84. The third-order valence-corrected chi connectivity index (χ3v) is 3.57. The van der Waals surface area contributed by atoms with Crippen molar-refractivity contribution in [2.75, 3.05) is 5.32 Å². The molecule has 126 valence electrons. The summed E-state index contributed by atoms with van der Waals surface area (Å²) in [7, 11) is 0. The number of ether oxygens (including phenoxy) is 1. The van der Waals surface area contributed by atoms with E-state index in [1.807, 2.05) is 66.7 Å². The van der Waals surface area contributed by atoms with Crippen molar-refractivity contribution in [3.05, 3.63) is 96.1 Å². The van der Waals surface area contributed by atoms with Gasteiger partial charge < -0.3 is 10.1 Å². The van der Waals surface area contributed by atoms with Crippen molar-refractivity contribution >= 4 is 17.7 Å². The Balaban J connectivity index is 1.67. The van der Waals surface area contributed by atoms with E-state index < -0.39 is 5.91 Å². The average molecular weight is 340 g/mol. The predicted molar refractivity (Wildman–Crippen MR) is 102 cm³/mol. The monoisotopic (exact) mass is 340 g/mol. The van der Waals surface area contributed by atoms with Gasteiger partial charge in [-0.1, -0.05) is 48.5 Å². The zero-order valence-corrected chi connectivity index (χ0v) is 13.9. The Kier molecular flexibility index (Phi) is 5.44. The molecule has 0 radical (unpaired) electrons. The fourth-order valence-electron chi connectivity index (χ4n) is 2.29. The maximum Gasteiger partial charge on any atom is 0.266 e. The van der Waals surface area contributed by atoms with E-state index in [9.17, 15) is 10.1 Å². The summed E-state index contributed by atoms with van der Waals surface area (Å²) >= 11 is 0. The van der Waals surface area contributed by atoms with Gasteiger partial charge >= 0.3 is 0 Å². The normalized spacial score (nSPS) is 10.7. The van der Waals surface area contributed by atoms with Gasteiger partial charge in [-0.2, -0.15) is 5.26 Å². The van der Waals surface area contributed by atoms with Crippen LogP contribution in [0.2, 0.25) is 0 Å². The molecule has 0 saturated heterocycles. The molecule has 3 rings (SSSR count). The van der Waals surface area contributed by atoms with E-state index in [4.69, 9.17) is 4.74 Å². The van der Waals surface area contributed by atoms with Gasteiger partial charge in [-0.3, -0.25) is 4.79 Å². The molecule has 0 aromatic heterocycles. The fraction of sp³-hybridized carbons (Fsp3) is 0. The van der Waals surface area contributed by atoms with Gasteiger partial charge in [-0.15, -0.1) is 0 Å². The first-order chi connectivity index (χ1) is 12.7. The summed E-state index contributed by atoms with van der Waals surface area (Å²) in [6.07, 6.45) is 1.56. The first-order valence-corrected chi connectivity index (χ1v) is 8.06. The standard InChI is InChI=1S/C22H16N2O2/c23-16-18(15-17-7-3-1-4-8-17)22(25)24-19-11-13-21(14-12-19)26-20-9-5-2-6-10-20/h1-15H,(H,24,25)/b18-15+. The van der Waals surface area contributed by atoms with Crippen LogP contribution in [0, 0.1) is 11.3 Å². The number of carbonyl (C=O) groups is 1. The smallest absolute Gasteiger partial charge is 0.266 e. The van der Waals surface area contributed by atoms with E-state index in [-0.39, 0.29) is 5.57 Å². The van der Waals surface area contributed by atoms with Gasteiger partial charge in [0.15, 0.2) is 0 Å². The zero-order chi connectivity index (χ0) is 18.2. The van der Waals surface area contributed by atoms with Crippen LogP contribution in [0.4, 0.5) is 5.69 Å². The highest BCUT2D eigenvalue weighted by Crippen LogP contribution is 2.22. The van der Waals surface area contributed by atoms with E-state index in [0.717, 1.165) is 11.3 Å². The van der Waals surface area contributed by atoms with Gasteiger partial charge in [-0.25, -0.2) is 0 Å². The minimum absolute atomic E-state index is 0.0424. The van der Waals surface area contributed by atoms with Crippen molar-refractivity contribution in [3.8, 4) is 17.6 Å². The first kappa shape index (κ1) is 17.0. The Morgan fingerprint density at radius 1 is 0.846 bits per heavy atom. The second kappa shape index (κ2) is 8.32. The molecule has 0 aliphatic rings. The number of nitrogens with zero attached hydrogens (tertiary/aromatic N) is 1. The van der Waals surface area contributed by atoms with Crippen molar-refractivity contribution < 1.29 is 9.53 Å². The summed E-state index contributed by atoms with van der Waals surface area (Å²) in [5.41, 5.74) is 1.43. The minimum atomic E-state index is -0.451. The molecule has 4 nitrogen and oxygen atoms in total. The number of para-hydroxylation sites is 1. The number of carbonyl (C=O) groups excluding carboxylic acids is 1. The van der Waals surface area contributed by atoms with E-state index in [1.165, 1.54) is 0 Å². The Bertz CT molecular complexity index is 941. The van der Waals surface area contributed by atoms with Crippen molar-refractivity contribution in [3.63, 3.8) is 0 Å². The third kappa shape index (κ3) is 4.59. The molecule has 26 heavy (non-hydrogen) atoms. The molecule has 0 aliphatic carbocycles. The van der Waals surface area contributed by atoms with Gasteiger partial charge in [0.1, 0.15) is 23.1 Å². The quantitative estimate of drug-likeness (QED) is 0.524. The summed E-state index contributed by atoms with van der Waals surface area (Å²) in [5, 5.41) is 12.0. The highest BCUT2D eigenvalue weighted by molar-refractivity contribution is 6.09. The molecule has 0 saturated carbocycles. The molecule has 3 aromatic rings. The number of nitrogens with one attached hydrogen (secondary N) is 1. The SMILES string of the molecule is N#C/C(=C\c1ccccc1)C(=O)Nc1ccc(Oc2ccccc2)cc1. The lowest BCUT2D eigenvalue weighted by molar-refractivity contribution is -0.112. The minimum Gasteiger partial charge on any atom is -0.457 e. The molecule has 0 spiro atoms. The van der Waals surface area contributed by atoms with Gasteiger partial charge in [0.25, 0.3) is 5.91 Å².